The van der Waals surface area contributed by atoms with E-state index in [2.05, 4.69) is 48.1 Å². The van der Waals surface area contributed by atoms with Crippen LogP contribution in [0.3, 0.4) is 0 Å². The highest BCUT2D eigenvalue weighted by Crippen LogP contribution is 2.31. The van der Waals surface area contributed by atoms with Gasteiger partial charge in [0, 0.05) is 24.0 Å². The molecule has 1 aromatic heterocycles. The highest BCUT2D eigenvalue weighted by atomic mass is 32.2. The molecule has 0 unspecified atom stereocenters. The number of thiocarbonyl (C=S) groups is 1. The summed E-state index contributed by atoms with van der Waals surface area (Å²) in [5.41, 5.74) is 5.73. The molecule has 1 amide bonds. The molecule has 0 saturated carbocycles. The maximum Gasteiger partial charge on any atom is 0.236 e. The van der Waals surface area contributed by atoms with Crippen LogP contribution >= 0.6 is 35.3 Å². The van der Waals surface area contributed by atoms with Crippen LogP contribution in [0, 0.1) is 20.8 Å². The average Bonchev–Trinajstić information content (AvgIpc) is 3.24. The van der Waals surface area contributed by atoms with Crippen LogP contribution in [0.15, 0.2) is 17.5 Å². The summed E-state index contributed by atoms with van der Waals surface area (Å²) < 4.78 is 0.823. The van der Waals surface area contributed by atoms with Gasteiger partial charge in [0.15, 0.2) is 5.13 Å². The van der Waals surface area contributed by atoms with Crippen LogP contribution in [-0.4, -0.2) is 39.0 Å². The second-order valence-corrected chi connectivity index (χ2v) is 9.08. The van der Waals surface area contributed by atoms with E-state index in [0.29, 0.717) is 10.9 Å². The number of thiazole rings is 1. The van der Waals surface area contributed by atoms with E-state index in [1.54, 1.807) is 0 Å². The van der Waals surface area contributed by atoms with Crippen LogP contribution in [0.5, 0.6) is 0 Å². The molecule has 0 aliphatic carbocycles. The van der Waals surface area contributed by atoms with Crippen molar-refractivity contribution in [1.29, 1.82) is 0 Å². The van der Waals surface area contributed by atoms with E-state index in [4.69, 9.17) is 12.2 Å². The van der Waals surface area contributed by atoms with Crippen molar-refractivity contribution in [2.45, 2.75) is 33.6 Å². The second-order valence-electron chi connectivity index (χ2n) is 6.61. The Morgan fingerprint density at radius 1 is 1.27 bits per heavy atom. The van der Waals surface area contributed by atoms with E-state index in [9.17, 15) is 4.79 Å². The van der Waals surface area contributed by atoms with Crippen LogP contribution in [0.4, 0.5) is 5.13 Å². The number of hydrogen-bond donors (Lipinski definition) is 1. The van der Waals surface area contributed by atoms with Gasteiger partial charge in [0.05, 0.1) is 11.4 Å². The fourth-order valence-electron chi connectivity index (χ4n) is 3.30. The van der Waals surface area contributed by atoms with Crippen molar-refractivity contribution in [2.24, 2.45) is 0 Å². The fraction of sp³-hybridized carbons (Fsp3) is 0.421. The van der Waals surface area contributed by atoms with Crippen molar-refractivity contribution in [1.82, 2.24) is 9.88 Å². The Bertz CT molecular complexity index is 802. The molecule has 1 N–H and O–H groups in total. The van der Waals surface area contributed by atoms with Gasteiger partial charge in [-0.25, -0.2) is 4.98 Å². The van der Waals surface area contributed by atoms with E-state index in [1.807, 2.05) is 5.38 Å². The van der Waals surface area contributed by atoms with Gasteiger partial charge >= 0.3 is 0 Å². The summed E-state index contributed by atoms with van der Waals surface area (Å²) in [6.45, 7) is 8.32. The normalized spacial score (nSPS) is 13.9. The van der Waals surface area contributed by atoms with Gasteiger partial charge in [-0.3, -0.25) is 4.79 Å². The number of carbonyl (C=O) groups excluding carboxylic acids is 1. The fourth-order valence-corrected chi connectivity index (χ4v) is 5.07. The minimum Gasteiger partial charge on any atom is -0.358 e. The SMILES string of the molecule is Cc1cc(C)c(-c2csc(NC(=O)CSC(=S)N3CCCC3)n2)c(C)c1. The van der Waals surface area contributed by atoms with Crippen molar-refractivity contribution in [2.75, 3.05) is 24.2 Å². The minimum absolute atomic E-state index is 0.0604. The van der Waals surface area contributed by atoms with Crippen molar-refractivity contribution < 1.29 is 4.79 Å². The first-order valence-corrected chi connectivity index (χ1v) is 11.0. The first-order valence-electron chi connectivity index (χ1n) is 8.69. The van der Waals surface area contributed by atoms with Gasteiger partial charge < -0.3 is 10.2 Å². The Kier molecular flexibility index (Phi) is 6.32. The molecule has 3 rings (SSSR count). The molecule has 1 aliphatic rings. The summed E-state index contributed by atoms with van der Waals surface area (Å²) in [6.07, 6.45) is 2.37. The number of nitrogens with zero attached hydrogens (tertiary/aromatic N) is 2. The lowest BCUT2D eigenvalue weighted by atomic mass is 9.98. The van der Waals surface area contributed by atoms with E-state index in [-0.39, 0.29) is 5.91 Å². The number of benzene rings is 1. The quantitative estimate of drug-likeness (QED) is 0.741. The maximum absolute atomic E-state index is 12.2. The van der Waals surface area contributed by atoms with Gasteiger partial charge in [0.1, 0.15) is 4.32 Å². The van der Waals surface area contributed by atoms with E-state index in [0.717, 1.165) is 28.7 Å². The molecule has 0 bridgehead atoms. The topological polar surface area (TPSA) is 45.2 Å². The Labute approximate surface area is 168 Å². The number of hydrogen-bond acceptors (Lipinski definition) is 5. The second kappa shape index (κ2) is 8.50. The number of rotatable bonds is 4. The van der Waals surface area contributed by atoms with Gasteiger partial charge in [0.2, 0.25) is 5.91 Å². The smallest absolute Gasteiger partial charge is 0.236 e. The van der Waals surface area contributed by atoms with E-state index >= 15 is 0 Å². The number of amides is 1. The zero-order valence-corrected chi connectivity index (χ0v) is 17.7. The van der Waals surface area contributed by atoms with Crippen LogP contribution < -0.4 is 5.32 Å². The largest absolute Gasteiger partial charge is 0.358 e. The summed E-state index contributed by atoms with van der Waals surface area (Å²) in [7, 11) is 0. The van der Waals surface area contributed by atoms with E-state index in [1.165, 1.54) is 52.6 Å². The van der Waals surface area contributed by atoms with Crippen LogP contribution in [0.2, 0.25) is 0 Å². The maximum atomic E-state index is 12.2. The zero-order valence-electron chi connectivity index (χ0n) is 15.3. The van der Waals surface area contributed by atoms with Crippen molar-refractivity contribution in [3.63, 3.8) is 0 Å². The number of anilines is 1. The molecular formula is C19H23N3OS3. The summed E-state index contributed by atoms with van der Waals surface area (Å²) in [5.74, 6) is 0.266. The van der Waals surface area contributed by atoms with Crippen molar-refractivity contribution >= 4 is 50.7 Å². The third-order valence-electron chi connectivity index (χ3n) is 4.37. The highest BCUT2D eigenvalue weighted by molar-refractivity contribution is 8.23. The van der Waals surface area contributed by atoms with Gasteiger partial charge in [-0.1, -0.05) is 41.7 Å². The highest BCUT2D eigenvalue weighted by Gasteiger charge is 2.17. The van der Waals surface area contributed by atoms with Gasteiger partial charge in [0.25, 0.3) is 0 Å². The van der Waals surface area contributed by atoms with Crippen LogP contribution in [0.25, 0.3) is 11.3 Å². The molecule has 2 aromatic rings. The lowest BCUT2D eigenvalue weighted by Gasteiger charge is -2.17. The number of aromatic nitrogens is 1. The predicted octanol–water partition coefficient (Wildman–Crippen LogP) is 4.79. The molecule has 1 aromatic carbocycles. The zero-order chi connectivity index (χ0) is 18.7. The number of likely N-dealkylation sites (tertiary alicyclic amines) is 1. The summed E-state index contributed by atoms with van der Waals surface area (Å²) in [5, 5.41) is 5.54. The Hall–Kier alpha value is -1.44. The van der Waals surface area contributed by atoms with Gasteiger partial charge in [-0.2, -0.15) is 0 Å². The predicted molar refractivity (Wildman–Crippen MR) is 116 cm³/mol. The molecule has 1 aliphatic heterocycles. The molecular weight excluding hydrogens is 382 g/mol. The first kappa shape index (κ1) is 19.3. The molecule has 138 valence electrons. The summed E-state index contributed by atoms with van der Waals surface area (Å²) in [4.78, 5) is 19.0. The van der Waals surface area contributed by atoms with E-state index < -0.39 is 0 Å². The lowest BCUT2D eigenvalue weighted by molar-refractivity contribution is -0.113. The summed E-state index contributed by atoms with van der Waals surface area (Å²) in [6, 6.07) is 4.33. The third-order valence-corrected chi connectivity index (χ3v) is 6.66. The van der Waals surface area contributed by atoms with Crippen molar-refractivity contribution in [3.05, 3.63) is 34.2 Å². The molecule has 26 heavy (non-hydrogen) atoms. The van der Waals surface area contributed by atoms with Gasteiger partial charge in [-0.05, 0) is 44.7 Å². The minimum atomic E-state index is -0.0604. The average molecular weight is 406 g/mol. The molecule has 0 atom stereocenters. The number of thioether (sulfide) groups is 1. The Morgan fingerprint density at radius 2 is 1.92 bits per heavy atom. The third kappa shape index (κ3) is 4.64. The monoisotopic (exact) mass is 405 g/mol. The molecule has 1 fully saturated rings. The molecule has 4 nitrogen and oxygen atoms in total. The number of aryl methyl sites for hydroxylation is 3. The van der Waals surface area contributed by atoms with Gasteiger partial charge in [-0.15, -0.1) is 11.3 Å². The molecule has 1 saturated heterocycles. The number of carbonyl (C=O) groups is 1. The first-order chi connectivity index (χ1) is 12.4. The number of nitrogens with one attached hydrogen (secondary N) is 1. The lowest BCUT2D eigenvalue weighted by Crippen LogP contribution is -2.25. The van der Waals surface area contributed by atoms with Crippen LogP contribution in [0.1, 0.15) is 29.5 Å². The van der Waals surface area contributed by atoms with Crippen LogP contribution in [-0.2, 0) is 4.79 Å². The Morgan fingerprint density at radius 3 is 2.58 bits per heavy atom. The molecule has 2 heterocycles. The standard InChI is InChI=1S/C19H23N3OS3/c1-12-8-13(2)17(14(3)9-12)15-10-25-18(20-15)21-16(23)11-26-19(24)22-6-4-5-7-22/h8-10H,4-7,11H2,1-3H3,(H,20,21,23). The Balaban J connectivity index is 1.60. The molecule has 7 heteroatoms. The molecule has 0 spiro atoms. The summed E-state index contributed by atoms with van der Waals surface area (Å²) >= 11 is 8.29. The molecule has 0 radical (unpaired) electrons. The van der Waals surface area contributed by atoms with Crippen molar-refractivity contribution in [3.8, 4) is 11.3 Å².